The molecule has 1 aliphatic carbocycles. The molecule has 2 atom stereocenters. The Kier molecular flexibility index (Phi) is 3.60. The number of aryl methyl sites for hydroxylation is 2. The highest BCUT2D eigenvalue weighted by Crippen LogP contribution is 2.45. The first kappa shape index (κ1) is 12.7. The number of fused-ring (bicyclic) bond motifs is 1. The van der Waals surface area contributed by atoms with Crippen molar-refractivity contribution in [2.45, 2.75) is 43.6 Å². The van der Waals surface area contributed by atoms with Crippen molar-refractivity contribution in [2.75, 3.05) is 0 Å². The maximum atomic E-state index is 5.53. The zero-order valence-electron chi connectivity index (χ0n) is 11.3. The molecule has 0 amide bonds. The van der Waals surface area contributed by atoms with Gasteiger partial charge in [-0.05, 0) is 37.3 Å². The van der Waals surface area contributed by atoms with Crippen LogP contribution < -0.4 is 0 Å². The predicted octanol–water partition coefficient (Wildman–Crippen LogP) is 4.25. The first-order chi connectivity index (χ1) is 9.24. The van der Waals surface area contributed by atoms with Gasteiger partial charge in [0.2, 0.25) is 11.8 Å². The van der Waals surface area contributed by atoms with Gasteiger partial charge in [0.05, 0.1) is 5.25 Å². The molecule has 4 heteroatoms. The van der Waals surface area contributed by atoms with E-state index in [0.717, 1.165) is 5.89 Å². The molecule has 1 heterocycles. The molecule has 3 rings (SSSR count). The largest absolute Gasteiger partial charge is 0.424 e. The van der Waals surface area contributed by atoms with Gasteiger partial charge in [-0.25, -0.2) is 0 Å². The average molecular weight is 274 g/mol. The maximum absolute atomic E-state index is 5.53. The molecule has 0 fully saturated rings. The molecule has 0 N–H and O–H groups in total. The first-order valence-electron chi connectivity index (χ1n) is 6.77. The van der Waals surface area contributed by atoms with E-state index in [1.807, 2.05) is 18.7 Å². The standard InChI is InChI=1S/C15H18N2OS/c1-10(15-17-16-11(2)18-15)19-14-9-5-7-12-6-3-4-8-13(12)14/h3-4,6,8,10,14H,5,7,9H2,1-2H3. The highest BCUT2D eigenvalue weighted by atomic mass is 32.2. The summed E-state index contributed by atoms with van der Waals surface area (Å²) >= 11 is 1.93. The van der Waals surface area contributed by atoms with Crippen molar-refractivity contribution in [3.63, 3.8) is 0 Å². The second-order valence-electron chi connectivity index (χ2n) is 5.02. The van der Waals surface area contributed by atoms with Crippen LogP contribution >= 0.6 is 11.8 Å². The minimum atomic E-state index is 0.248. The highest BCUT2D eigenvalue weighted by molar-refractivity contribution is 7.99. The predicted molar refractivity (Wildman–Crippen MR) is 77.2 cm³/mol. The molecule has 0 aliphatic heterocycles. The number of thioether (sulfide) groups is 1. The second kappa shape index (κ2) is 5.37. The van der Waals surface area contributed by atoms with E-state index in [1.165, 1.54) is 30.4 Å². The van der Waals surface area contributed by atoms with Crippen molar-refractivity contribution >= 4 is 11.8 Å². The zero-order valence-corrected chi connectivity index (χ0v) is 12.1. The van der Waals surface area contributed by atoms with E-state index in [0.29, 0.717) is 11.1 Å². The molecule has 2 aromatic rings. The summed E-state index contributed by atoms with van der Waals surface area (Å²) in [5.74, 6) is 1.39. The molecule has 0 bridgehead atoms. The van der Waals surface area contributed by atoms with Crippen LogP contribution in [0.15, 0.2) is 28.7 Å². The van der Waals surface area contributed by atoms with Gasteiger partial charge in [-0.3, -0.25) is 0 Å². The number of hydrogen-bond acceptors (Lipinski definition) is 4. The molecular weight excluding hydrogens is 256 g/mol. The summed E-state index contributed by atoms with van der Waals surface area (Å²) in [5, 5.41) is 8.84. The molecule has 100 valence electrons. The Labute approximate surface area is 117 Å². The lowest BCUT2D eigenvalue weighted by Gasteiger charge is -2.26. The van der Waals surface area contributed by atoms with Crippen LogP contribution in [0.25, 0.3) is 0 Å². The van der Waals surface area contributed by atoms with Gasteiger partial charge in [0.15, 0.2) is 0 Å². The van der Waals surface area contributed by atoms with E-state index in [-0.39, 0.29) is 5.25 Å². The quantitative estimate of drug-likeness (QED) is 0.838. The Morgan fingerprint density at radius 1 is 1.32 bits per heavy atom. The Bertz CT molecular complexity index is 567. The van der Waals surface area contributed by atoms with Crippen LogP contribution in [0.4, 0.5) is 0 Å². The van der Waals surface area contributed by atoms with Crippen LogP contribution in [-0.4, -0.2) is 10.2 Å². The minimum Gasteiger partial charge on any atom is -0.424 e. The molecule has 0 spiro atoms. The lowest BCUT2D eigenvalue weighted by atomic mass is 9.91. The van der Waals surface area contributed by atoms with E-state index < -0.39 is 0 Å². The summed E-state index contributed by atoms with van der Waals surface area (Å²) in [6, 6.07) is 8.79. The Morgan fingerprint density at radius 2 is 2.16 bits per heavy atom. The third-order valence-corrected chi connectivity index (χ3v) is 5.00. The average Bonchev–Trinajstić information content (AvgIpc) is 2.86. The van der Waals surface area contributed by atoms with Crippen LogP contribution in [0.5, 0.6) is 0 Å². The summed E-state index contributed by atoms with van der Waals surface area (Å²) in [6.45, 7) is 3.98. The molecule has 1 aromatic carbocycles. The number of rotatable bonds is 3. The summed E-state index contributed by atoms with van der Waals surface area (Å²) in [4.78, 5) is 0. The fraction of sp³-hybridized carbons (Fsp3) is 0.467. The Balaban J connectivity index is 1.77. The molecule has 0 saturated carbocycles. The van der Waals surface area contributed by atoms with Crippen LogP contribution in [0.1, 0.15) is 53.2 Å². The fourth-order valence-electron chi connectivity index (χ4n) is 2.63. The van der Waals surface area contributed by atoms with Gasteiger partial charge in [-0.1, -0.05) is 24.3 Å². The molecular formula is C15H18N2OS. The SMILES string of the molecule is Cc1nnc(C(C)SC2CCCc3ccccc32)o1. The van der Waals surface area contributed by atoms with E-state index >= 15 is 0 Å². The summed E-state index contributed by atoms with van der Waals surface area (Å²) < 4.78 is 5.53. The summed E-state index contributed by atoms with van der Waals surface area (Å²) in [5.41, 5.74) is 2.99. The first-order valence-corrected chi connectivity index (χ1v) is 7.71. The van der Waals surface area contributed by atoms with Gasteiger partial charge in [-0.2, -0.15) is 0 Å². The molecule has 1 aliphatic rings. The van der Waals surface area contributed by atoms with Gasteiger partial charge in [0, 0.05) is 12.2 Å². The van der Waals surface area contributed by atoms with Crippen LogP contribution in [0.2, 0.25) is 0 Å². The monoisotopic (exact) mass is 274 g/mol. The number of benzene rings is 1. The molecule has 0 radical (unpaired) electrons. The normalized spacial score (nSPS) is 20.0. The van der Waals surface area contributed by atoms with Crippen molar-refractivity contribution in [3.8, 4) is 0 Å². The van der Waals surface area contributed by atoms with E-state index in [2.05, 4.69) is 41.4 Å². The van der Waals surface area contributed by atoms with Crippen molar-refractivity contribution in [3.05, 3.63) is 47.2 Å². The van der Waals surface area contributed by atoms with Crippen molar-refractivity contribution < 1.29 is 4.42 Å². The lowest BCUT2D eigenvalue weighted by molar-refractivity contribution is 0.469. The van der Waals surface area contributed by atoms with Crippen molar-refractivity contribution in [2.24, 2.45) is 0 Å². The fourth-order valence-corrected chi connectivity index (χ4v) is 4.02. The van der Waals surface area contributed by atoms with Gasteiger partial charge < -0.3 is 4.42 Å². The van der Waals surface area contributed by atoms with Crippen LogP contribution in [-0.2, 0) is 6.42 Å². The van der Waals surface area contributed by atoms with Crippen molar-refractivity contribution in [1.29, 1.82) is 0 Å². The maximum Gasteiger partial charge on any atom is 0.229 e. The number of aromatic nitrogens is 2. The summed E-state index contributed by atoms with van der Waals surface area (Å²) in [7, 11) is 0. The highest BCUT2D eigenvalue weighted by Gasteiger charge is 2.24. The number of hydrogen-bond donors (Lipinski definition) is 0. The van der Waals surface area contributed by atoms with E-state index in [4.69, 9.17) is 4.42 Å². The van der Waals surface area contributed by atoms with Crippen LogP contribution in [0, 0.1) is 6.92 Å². The topological polar surface area (TPSA) is 38.9 Å². The van der Waals surface area contributed by atoms with E-state index in [1.54, 1.807) is 0 Å². The van der Waals surface area contributed by atoms with Gasteiger partial charge in [0.25, 0.3) is 0 Å². The Morgan fingerprint density at radius 3 is 2.95 bits per heavy atom. The second-order valence-corrected chi connectivity index (χ2v) is 6.57. The third-order valence-electron chi connectivity index (χ3n) is 3.57. The Hall–Kier alpha value is -1.29. The smallest absolute Gasteiger partial charge is 0.229 e. The lowest BCUT2D eigenvalue weighted by Crippen LogP contribution is -2.08. The summed E-state index contributed by atoms with van der Waals surface area (Å²) in [6.07, 6.45) is 3.71. The number of nitrogens with zero attached hydrogens (tertiary/aromatic N) is 2. The van der Waals surface area contributed by atoms with Gasteiger partial charge in [-0.15, -0.1) is 22.0 Å². The van der Waals surface area contributed by atoms with Crippen molar-refractivity contribution in [1.82, 2.24) is 10.2 Å². The third kappa shape index (κ3) is 2.68. The molecule has 1 aromatic heterocycles. The van der Waals surface area contributed by atoms with Gasteiger partial charge in [0.1, 0.15) is 0 Å². The molecule has 3 nitrogen and oxygen atoms in total. The molecule has 2 unspecified atom stereocenters. The minimum absolute atomic E-state index is 0.248. The van der Waals surface area contributed by atoms with Crippen LogP contribution in [0.3, 0.4) is 0 Å². The van der Waals surface area contributed by atoms with Gasteiger partial charge >= 0.3 is 0 Å². The molecule has 0 saturated heterocycles. The zero-order chi connectivity index (χ0) is 13.2. The van der Waals surface area contributed by atoms with E-state index in [9.17, 15) is 0 Å². The molecule has 19 heavy (non-hydrogen) atoms.